The first kappa shape index (κ1) is 28.7. The molecule has 37 heavy (non-hydrogen) atoms. The zero-order valence-corrected chi connectivity index (χ0v) is 24.3. The van der Waals surface area contributed by atoms with E-state index >= 15 is 0 Å². The first-order valence-corrected chi connectivity index (χ1v) is 16.2. The Bertz CT molecular complexity index is 764. The second-order valence-corrected chi connectivity index (χ2v) is 13.6. The van der Waals surface area contributed by atoms with Gasteiger partial charge in [-0.25, -0.2) is 0 Å². The smallest absolute Gasteiger partial charge is 0.0853 e. The molecule has 0 amide bonds. The second-order valence-electron chi connectivity index (χ2n) is 13.6. The monoisotopic (exact) mass is 507 g/mol. The molecule has 2 heteroatoms. The summed E-state index contributed by atoms with van der Waals surface area (Å²) in [4.78, 5) is 2.97. The molecule has 0 unspecified atom stereocenters. The van der Waals surface area contributed by atoms with Crippen LogP contribution in [-0.4, -0.2) is 29.1 Å². The number of hydrogen-bond acceptors (Lipinski definition) is 2. The maximum Gasteiger partial charge on any atom is 0.0853 e. The van der Waals surface area contributed by atoms with Crippen LogP contribution in [0.1, 0.15) is 134 Å². The fraction of sp³-hybridized carbons (Fsp3) is 0.771. The number of hydrogen-bond donors (Lipinski definition) is 1. The summed E-state index contributed by atoms with van der Waals surface area (Å²) >= 11 is 0. The zero-order valence-electron chi connectivity index (χ0n) is 24.3. The molecule has 3 saturated carbocycles. The van der Waals surface area contributed by atoms with Gasteiger partial charge in [0.2, 0.25) is 0 Å². The van der Waals surface area contributed by atoms with Gasteiger partial charge in [-0.3, -0.25) is 4.90 Å². The van der Waals surface area contributed by atoms with Crippen LogP contribution in [0.3, 0.4) is 0 Å². The standard InChI is InChI=1S/C35H57NO/c1-27(2)24-31-14-17-33(18-15-31)34-26-32(25-28(3)37)16-19-35(34)36(22-20-29-10-6-4-7-11-29)23-21-30-12-8-5-9-13-30/h14-15,17-18,27,29-30,32,34-35,37H,3-13,16,19-26H2,1-2H3/t32-,34-,35+/m0/s1. The van der Waals surface area contributed by atoms with Gasteiger partial charge >= 0.3 is 0 Å². The summed E-state index contributed by atoms with van der Waals surface area (Å²) in [5.41, 5.74) is 3.00. The number of allylic oxidation sites excluding steroid dienone is 1. The summed E-state index contributed by atoms with van der Waals surface area (Å²) < 4.78 is 0. The van der Waals surface area contributed by atoms with E-state index in [1.807, 2.05) is 0 Å². The van der Waals surface area contributed by atoms with Crippen LogP contribution in [0, 0.1) is 23.7 Å². The molecule has 0 aliphatic heterocycles. The zero-order chi connectivity index (χ0) is 26.0. The van der Waals surface area contributed by atoms with Gasteiger partial charge in [0.05, 0.1) is 5.76 Å². The van der Waals surface area contributed by atoms with E-state index in [1.165, 1.54) is 121 Å². The summed E-state index contributed by atoms with van der Waals surface area (Å²) in [5, 5.41) is 10.0. The van der Waals surface area contributed by atoms with Crippen LogP contribution < -0.4 is 0 Å². The number of nitrogens with zero attached hydrogens (tertiary/aromatic N) is 1. The van der Waals surface area contributed by atoms with Crippen LogP contribution in [0.15, 0.2) is 36.6 Å². The molecular formula is C35H57NO. The molecule has 1 N–H and O–H groups in total. The minimum absolute atomic E-state index is 0.376. The number of rotatable bonds is 12. The molecule has 1 aromatic rings. The van der Waals surface area contributed by atoms with Gasteiger partial charge in [0.25, 0.3) is 0 Å². The highest BCUT2D eigenvalue weighted by Crippen LogP contribution is 2.42. The average Bonchev–Trinajstić information content (AvgIpc) is 2.90. The van der Waals surface area contributed by atoms with Gasteiger partial charge in [-0.1, -0.05) is 109 Å². The van der Waals surface area contributed by atoms with E-state index in [0.717, 1.165) is 24.7 Å². The minimum atomic E-state index is 0.376. The topological polar surface area (TPSA) is 23.5 Å². The van der Waals surface area contributed by atoms with Gasteiger partial charge in [-0.2, -0.15) is 0 Å². The van der Waals surface area contributed by atoms with Crippen molar-refractivity contribution in [2.24, 2.45) is 23.7 Å². The van der Waals surface area contributed by atoms with Crippen molar-refractivity contribution >= 4 is 0 Å². The lowest BCUT2D eigenvalue weighted by atomic mass is 9.72. The molecule has 2 nitrogen and oxygen atoms in total. The third-order valence-electron chi connectivity index (χ3n) is 10.1. The Labute approximate surface area is 229 Å². The van der Waals surface area contributed by atoms with Crippen molar-refractivity contribution in [2.75, 3.05) is 13.1 Å². The van der Waals surface area contributed by atoms with Gasteiger partial charge in [0.1, 0.15) is 0 Å². The average molecular weight is 508 g/mol. The van der Waals surface area contributed by atoms with Gasteiger partial charge < -0.3 is 5.11 Å². The molecule has 3 aliphatic rings. The lowest BCUT2D eigenvalue weighted by Crippen LogP contribution is -2.45. The maximum absolute atomic E-state index is 10.0. The summed E-state index contributed by atoms with van der Waals surface area (Å²) in [7, 11) is 0. The normalized spacial score (nSPS) is 26.1. The van der Waals surface area contributed by atoms with E-state index < -0.39 is 0 Å². The summed E-state index contributed by atoms with van der Waals surface area (Å²) in [5.74, 6) is 4.11. The highest BCUT2D eigenvalue weighted by Gasteiger charge is 2.36. The van der Waals surface area contributed by atoms with E-state index in [4.69, 9.17) is 0 Å². The fourth-order valence-electron chi connectivity index (χ4n) is 8.02. The largest absolute Gasteiger partial charge is 0.513 e. The van der Waals surface area contributed by atoms with Gasteiger partial charge in [0.15, 0.2) is 0 Å². The number of benzene rings is 1. The summed E-state index contributed by atoms with van der Waals surface area (Å²) in [6.45, 7) is 11.1. The Morgan fingerprint density at radius 3 is 1.89 bits per heavy atom. The highest BCUT2D eigenvalue weighted by atomic mass is 16.3. The molecule has 1 aromatic carbocycles. The van der Waals surface area contributed by atoms with E-state index in [0.29, 0.717) is 29.6 Å². The van der Waals surface area contributed by atoms with Crippen molar-refractivity contribution < 1.29 is 5.11 Å². The van der Waals surface area contributed by atoms with Crippen LogP contribution in [0.25, 0.3) is 0 Å². The third kappa shape index (κ3) is 9.15. The van der Waals surface area contributed by atoms with Crippen molar-refractivity contribution in [1.82, 2.24) is 4.90 Å². The Morgan fingerprint density at radius 1 is 0.811 bits per heavy atom. The minimum Gasteiger partial charge on any atom is -0.513 e. The molecule has 3 atom stereocenters. The fourth-order valence-corrected chi connectivity index (χ4v) is 8.02. The quantitative estimate of drug-likeness (QED) is 0.285. The first-order chi connectivity index (χ1) is 18.0. The Kier molecular flexibility index (Phi) is 11.5. The van der Waals surface area contributed by atoms with E-state index in [9.17, 15) is 5.11 Å². The molecule has 0 radical (unpaired) electrons. The van der Waals surface area contributed by atoms with Crippen molar-refractivity contribution in [2.45, 2.75) is 135 Å². The predicted octanol–water partition coefficient (Wildman–Crippen LogP) is 9.84. The molecule has 3 fully saturated rings. The molecule has 3 aliphatic carbocycles. The molecular weight excluding hydrogens is 450 g/mol. The van der Waals surface area contributed by atoms with Crippen molar-refractivity contribution in [3.63, 3.8) is 0 Å². The van der Waals surface area contributed by atoms with E-state index in [2.05, 4.69) is 49.6 Å². The molecule has 0 saturated heterocycles. The summed E-state index contributed by atoms with van der Waals surface area (Å²) in [6.07, 6.45) is 23.0. The van der Waals surface area contributed by atoms with E-state index in [-0.39, 0.29) is 0 Å². The predicted molar refractivity (Wildman–Crippen MR) is 159 cm³/mol. The van der Waals surface area contributed by atoms with E-state index in [1.54, 1.807) is 0 Å². The molecule has 208 valence electrons. The highest BCUT2D eigenvalue weighted by molar-refractivity contribution is 5.28. The number of aliphatic hydroxyl groups excluding tert-OH is 1. The van der Waals surface area contributed by atoms with Gasteiger partial charge in [0, 0.05) is 12.5 Å². The van der Waals surface area contributed by atoms with Gasteiger partial charge in [-0.15, -0.1) is 0 Å². The Hall–Kier alpha value is -1.28. The third-order valence-corrected chi connectivity index (χ3v) is 10.1. The Morgan fingerprint density at radius 2 is 1.38 bits per heavy atom. The van der Waals surface area contributed by atoms with Crippen molar-refractivity contribution in [1.29, 1.82) is 0 Å². The SMILES string of the molecule is C=C(O)C[C@@H]1CC[C@@H](N(CCC2CCCCC2)CCC2CCCCC2)[C@H](c2ccc(CC(C)C)cc2)C1. The maximum atomic E-state index is 10.0. The first-order valence-electron chi connectivity index (χ1n) is 16.2. The van der Waals surface area contributed by atoms with Crippen LogP contribution in [0.4, 0.5) is 0 Å². The van der Waals surface area contributed by atoms with Crippen molar-refractivity contribution in [3.8, 4) is 0 Å². The van der Waals surface area contributed by atoms with Gasteiger partial charge in [-0.05, 0) is 92.3 Å². The van der Waals surface area contributed by atoms with Crippen LogP contribution in [0.2, 0.25) is 0 Å². The van der Waals surface area contributed by atoms with Crippen LogP contribution >= 0.6 is 0 Å². The lowest BCUT2D eigenvalue weighted by Gasteiger charge is -2.44. The molecule has 4 rings (SSSR count). The lowest BCUT2D eigenvalue weighted by molar-refractivity contribution is 0.0936. The molecule has 0 heterocycles. The number of aliphatic hydroxyl groups is 1. The van der Waals surface area contributed by atoms with Crippen molar-refractivity contribution in [3.05, 3.63) is 47.7 Å². The molecule has 0 aromatic heterocycles. The summed E-state index contributed by atoms with van der Waals surface area (Å²) in [6, 6.07) is 10.3. The second kappa shape index (κ2) is 14.8. The van der Waals surface area contributed by atoms with Crippen LogP contribution in [0.5, 0.6) is 0 Å². The molecule has 0 spiro atoms. The molecule has 0 bridgehead atoms. The Balaban J connectivity index is 1.51. The van der Waals surface area contributed by atoms with Crippen LogP contribution in [-0.2, 0) is 6.42 Å².